The summed E-state index contributed by atoms with van der Waals surface area (Å²) in [5.41, 5.74) is 1.91. The molecule has 0 aliphatic carbocycles. The van der Waals surface area contributed by atoms with E-state index in [4.69, 9.17) is 11.6 Å². The van der Waals surface area contributed by atoms with Crippen LogP contribution in [-0.2, 0) is 32.6 Å². The highest BCUT2D eigenvalue weighted by Gasteiger charge is 2.30. The molecule has 0 radical (unpaired) electrons. The Morgan fingerprint density at radius 1 is 0.975 bits per heavy atom. The Kier molecular flexibility index (Phi) is 11.5. The molecule has 0 spiro atoms. The van der Waals surface area contributed by atoms with Crippen LogP contribution in [0.2, 0.25) is 5.02 Å². The molecule has 214 valence electrons. The number of sulfonamides is 1. The van der Waals surface area contributed by atoms with Gasteiger partial charge in [0.05, 0.1) is 11.9 Å². The zero-order valence-corrected chi connectivity index (χ0v) is 24.3. The third-order valence-corrected chi connectivity index (χ3v) is 7.95. The molecule has 7 nitrogen and oxygen atoms in total. The fraction of sp³-hybridized carbons (Fsp3) is 0.333. The largest absolute Gasteiger partial charge is 0.354 e. The standard InChI is InChI=1S/C30H35ClFN3O4S/c1-3-19-33-30(37)28(21-23-10-5-4-6-11-23)34(22-24-12-7-8-13-27(24)31)29(36)14-9-20-35(40(2,38)39)26-17-15-25(32)16-18-26/h4-8,10-13,15-18,28H,3,9,14,19-22H2,1-2H3,(H,33,37)/t28-/m1/s1. The summed E-state index contributed by atoms with van der Waals surface area (Å²) in [6, 6.07) is 21.0. The van der Waals surface area contributed by atoms with Crippen molar-refractivity contribution in [2.45, 2.75) is 45.2 Å². The first kappa shape index (κ1) is 31.1. The second-order valence-corrected chi connectivity index (χ2v) is 11.8. The summed E-state index contributed by atoms with van der Waals surface area (Å²) < 4.78 is 39.5. The van der Waals surface area contributed by atoms with Gasteiger partial charge in [0.1, 0.15) is 11.9 Å². The van der Waals surface area contributed by atoms with Gasteiger partial charge in [-0.25, -0.2) is 12.8 Å². The average molecular weight is 588 g/mol. The lowest BCUT2D eigenvalue weighted by molar-refractivity contribution is -0.141. The molecule has 0 unspecified atom stereocenters. The summed E-state index contributed by atoms with van der Waals surface area (Å²) in [6.45, 7) is 2.55. The van der Waals surface area contributed by atoms with E-state index in [2.05, 4.69) is 5.32 Å². The van der Waals surface area contributed by atoms with Gasteiger partial charge < -0.3 is 10.2 Å². The van der Waals surface area contributed by atoms with Gasteiger partial charge in [-0.2, -0.15) is 0 Å². The maximum atomic E-state index is 13.8. The van der Waals surface area contributed by atoms with E-state index < -0.39 is 21.9 Å². The predicted octanol–water partition coefficient (Wildman–Crippen LogP) is 5.19. The van der Waals surface area contributed by atoms with Crippen LogP contribution in [0.15, 0.2) is 78.9 Å². The van der Waals surface area contributed by atoms with Crippen LogP contribution in [0, 0.1) is 5.82 Å². The van der Waals surface area contributed by atoms with Crippen molar-refractivity contribution in [2.75, 3.05) is 23.7 Å². The van der Waals surface area contributed by atoms with E-state index in [9.17, 15) is 22.4 Å². The highest BCUT2D eigenvalue weighted by molar-refractivity contribution is 7.92. The van der Waals surface area contributed by atoms with Crippen LogP contribution < -0.4 is 9.62 Å². The molecule has 0 heterocycles. The van der Waals surface area contributed by atoms with Crippen LogP contribution in [0.4, 0.5) is 10.1 Å². The van der Waals surface area contributed by atoms with Gasteiger partial charge in [-0.1, -0.05) is 67.1 Å². The Hall–Kier alpha value is -3.43. The molecule has 3 rings (SSSR count). The molecule has 0 saturated carbocycles. The van der Waals surface area contributed by atoms with Crippen molar-refractivity contribution in [3.05, 3.63) is 101 Å². The van der Waals surface area contributed by atoms with Gasteiger partial charge in [-0.15, -0.1) is 0 Å². The van der Waals surface area contributed by atoms with Gasteiger partial charge in [0, 0.05) is 37.5 Å². The molecular weight excluding hydrogens is 553 g/mol. The molecule has 0 aliphatic rings. The molecule has 40 heavy (non-hydrogen) atoms. The first-order valence-corrected chi connectivity index (χ1v) is 15.4. The van der Waals surface area contributed by atoms with Crippen molar-refractivity contribution in [2.24, 2.45) is 0 Å². The molecule has 10 heteroatoms. The molecule has 2 amide bonds. The van der Waals surface area contributed by atoms with Gasteiger partial charge in [-0.3, -0.25) is 13.9 Å². The smallest absolute Gasteiger partial charge is 0.243 e. The van der Waals surface area contributed by atoms with Crippen LogP contribution in [0.25, 0.3) is 0 Å². The number of nitrogens with zero attached hydrogens (tertiary/aromatic N) is 2. The van der Waals surface area contributed by atoms with Crippen molar-refractivity contribution in [3.63, 3.8) is 0 Å². The molecule has 0 saturated heterocycles. The number of carbonyl (C=O) groups is 2. The lowest BCUT2D eigenvalue weighted by atomic mass is 10.0. The van der Waals surface area contributed by atoms with Crippen molar-refractivity contribution < 1.29 is 22.4 Å². The minimum atomic E-state index is -3.68. The number of benzene rings is 3. The molecule has 0 aliphatic heterocycles. The Morgan fingerprint density at radius 3 is 2.25 bits per heavy atom. The second-order valence-electron chi connectivity index (χ2n) is 9.52. The normalized spacial score (nSPS) is 12.0. The summed E-state index contributed by atoms with van der Waals surface area (Å²) in [5, 5.41) is 3.40. The van der Waals surface area contributed by atoms with Gasteiger partial charge in [-0.05, 0) is 54.3 Å². The number of halogens is 2. The van der Waals surface area contributed by atoms with E-state index in [1.54, 1.807) is 12.1 Å². The Bertz CT molecular complexity index is 1370. The van der Waals surface area contributed by atoms with Gasteiger partial charge in [0.15, 0.2) is 0 Å². The van der Waals surface area contributed by atoms with Crippen molar-refractivity contribution in [1.82, 2.24) is 10.2 Å². The number of hydrogen-bond acceptors (Lipinski definition) is 4. The summed E-state index contributed by atoms with van der Waals surface area (Å²) >= 11 is 6.44. The van der Waals surface area contributed by atoms with Crippen LogP contribution in [-0.4, -0.2) is 50.5 Å². The molecule has 0 aromatic heterocycles. The van der Waals surface area contributed by atoms with E-state index in [1.165, 1.54) is 29.2 Å². The fourth-order valence-corrected chi connectivity index (χ4v) is 5.50. The third-order valence-electron chi connectivity index (χ3n) is 6.39. The zero-order valence-electron chi connectivity index (χ0n) is 22.7. The Balaban J connectivity index is 1.87. The second kappa shape index (κ2) is 14.8. The van der Waals surface area contributed by atoms with Gasteiger partial charge in [0.2, 0.25) is 21.8 Å². The molecule has 0 fully saturated rings. The first-order chi connectivity index (χ1) is 19.1. The third kappa shape index (κ3) is 9.06. The van der Waals surface area contributed by atoms with Crippen LogP contribution in [0.3, 0.4) is 0 Å². The Labute approximate surface area is 241 Å². The van der Waals surface area contributed by atoms with Crippen molar-refractivity contribution in [3.8, 4) is 0 Å². The number of nitrogens with one attached hydrogen (secondary N) is 1. The van der Waals surface area contributed by atoms with E-state index in [0.29, 0.717) is 29.2 Å². The molecular formula is C30H35ClFN3O4S. The van der Waals surface area contributed by atoms with Gasteiger partial charge >= 0.3 is 0 Å². The van der Waals surface area contributed by atoms with E-state index in [1.807, 2.05) is 49.4 Å². The molecule has 3 aromatic rings. The van der Waals surface area contributed by atoms with Crippen LogP contribution >= 0.6 is 11.6 Å². The molecule has 1 N–H and O–H groups in total. The molecule has 3 aromatic carbocycles. The SMILES string of the molecule is CCCNC(=O)[C@@H](Cc1ccccc1)N(Cc1ccccc1Cl)C(=O)CCCN(c1ccc(F)cc1)S(C)(=O)=O. The number of anilines is 1. The zero-order chi connectivity index (χ0) is 29.1. The highest BCUT2D eigenvalue weighted by atomic mass is 35.5. The Morgan fingerprint density at radius 2 is 1.62 bits per heavy atom. The maximum Gasteiger partial charge on any atom is 0.243 e. The lowest BCUT2D eigenvalue weighted by Gasteiger charge is -2.32. The minimum absolute atomic E-state index is 0.00991. The number of carbonyl (C=O) groups excluding carboxylic acids is 2. The maximum absolute atomic E-state index is 13.8. The van der Waals surface area contributed by atoms with Crippen LogP contribution in [0.5, 0.6) is 0 Å². The summed E-state index contributed by atoms with van der Waals surface area (Å²) in [5.74, 6) is -1.05. The quantitative estimate of drug-likeness (QED) is 0.281. The molecule has 1 atom stereocenters. The molecule has 0 bridgehead atoms. The van der Waals surface area contributed by atoms with Crippen LogP contribution in [0.1, 0.15) is 37.3 Å². The highest BCUT2D eigenvalue weighted by Crippen LogP contribution is 2.23. The average Bonchev–Trinajstić information content (AvgIpc) is 2.93. The van der Waals surface area contributed by atoms with E-state index >= 15 is 0 Å². The van der Waals surface area contributed by atoms with Gasteiger partial charge in [0.25, 0.3) is 0 Å². The number of amides is 2. The summed E-state index contributed by atoms with van der Waals surface area (Å²) in [6.07, 6.45) is 2.29. The fourth-order valence-electron chi connectivity index (χ4n) is 4.34. The van der Waals surface area contributed by atoms with Crippen molar-refractivity contribution in [1.29, 1.82) is 0 Å². The monoisotopic (exact) mass is 587 g/mol. The lowest BCUT2D eigenvalue weighted by Crippen LogP contribution is -2.50. The van der Waals surface area contributed by atoms with E-state index in [0.717, 1.165) is 22.5 Å². The minimum Gasteiger partial charge on any atom is -0.354 e. The van der Waals surface area contributed by atoms with Crippen molar-refractivity contribution >= 4 is 39.1 Å². The predicted molar refractivity (Wildman–Crippen MR) is 157 cm³/mol. The number of rotatable bonds is 14. The number of hydrogen-bond donors (Lipinski definition) is 1. The first-order valence-electron chi connectivity index (χ1n) is 13.2. The van der Waals surface area contributed by atoms with E-state index in [-0.39, 0.29) is 37.7 Å². The topological polar surface area (TPSA) is 86.8 Å². The summed E-state index contributed by atoms with van der Waals surface area (Å²) in [7, 11) is -3.68. The summed E-state index contributed by atoms with van der Waals surface area (Å²) in [4.78, 5) is 28.7.